The number of H-pyrrole nitrogens is 1. The van der Waals surface area contributed by atoms with E-state index in [1.54, 1.807) is 31.2 Å². The molecule has 1 saturated heterocycles. The number of phenols is 1. The third kappa shape index (κ3) is 36.3. The van der Waals surface area contributed by atoms with Gasteiger partial charge in [0, 0.05) is 84.9 Å². The fraction of sp³-hybridized carbons (Fsp3) is 0.549. The van der Waals surface area contributed by atoms with Crippen molar-refractivity contribution in [3.8, 4) is 5.75 Å². The van der Waals surface area contributed by atoms with Crippen molar-refractivity contribution in [2.75, 3.05) is 56.0 Å². The number of rotatable bonds is 52. The van der Waals surface area contributed by atoms with Gasteiger partial charge in [-0.05, 0) is 125 Å². The Hall–Kier alpha value is -12.5. The van der Waals surface area contributed by atoms with Gasteiger partial charge in [-0.2, -0.15) is 4.98 Å². The number of aromatic hydroxyl groups is 1. The van der Waals surface area contributed by atoms with Gasteiger partial charge in [0.05, 0.1) is 37.3 Å². The summed E-state index contributed by atoms with van der Waals surface area (Å²) in [6, 6.07) is 1.34. The third-order valence-electron chi connectivity index (χ3n) is 20.4. The number of anilines is 2. The predicted molar refractivity (Wildman–Crippen MR) is 474 cm³/mol. The molecule has 10 amide bonds. The standard InChI is InChI=1S/C82H117N21O23S3/c1-11-44(6)66(97-75(118)59-16-12-13-28-102(59)10)78(120)103(41-125-65(111)31-42(2)3)60(43(4)5)36-61(126-47(9)104)77-96-57(39-127-77)74(117)91-51(33-48-18-24-53(105)25-19-48)32-45(7)69(112)100-101-82(123)124-29-30-128-129-40-58(79(121)122)95-73(116)56(35-64(109)110)94-71(114)54(15-14-27-86-80(83)84)93-72(115)55(34-63(107)108)92-62(106)26-17-46(8)89-70(113)49-20-22-50(23-21-49)87-37-52-38-88-68-67(90-52)76(119)99-81(85)98-68/h18-25,38-39,42-46,51,54-56,58-61,66,87,105H,11-17,26-37,40-41H2,1-10H3,(H,89,113)(H,91,117)(H,92,106)(H,93,115)(H,94,114)(H,95,116)(H,97,118)(H,100,112)(H,101,123)(H,107,108)(H,109,110)(H,121,122)(H4,83,84,86)(H3,85,88,98,99,119)/t44?,45-,46+,51+,54-,55-,56-,58-,59+,60+,61+,66-/m0/s1. The highest BCUT2D eigenvalue weighted by atomic mass is 33.1. The number of benzene rings is 2. The molecule has 1 fully saturated rings. The van der Waals surface area contributed by atoms with Crippen LogP contribution in [-0.4, -0.2) is 250 Å². The molecule has 1 unspecified atom stereocenters. The van der Waals surface area contributed by atoms with Crippen molar-refractivity contribution in [2.45, 2.75) is 219 Å². The average molecular weight is 1860 g/mol. The van der Waals surface area contributed by atoms with Gasteiger partial charge in [-0.1, -0.05) is 95.0 Å². The van der Waals surface area contributed by atoms with Crippen molar-refractivity contribution < 1.29 is 107 Å². The first-order valence-corrected chi connectivity index (χ1v) is 45.2. The lowest BCUT2D eigenvalue weighted by atomic mass is 9.92. The minimum absolute atomic E-state index is 0.00296. The molecule has 4 heterocycles. The lowest BCUT2D eigenvalue weighted by Gasteiger charge is -2.39. The van der Waals surface area contributed by atoms with E-state index in [1.807, 2.05) is 53.5 Å². The van der Waals surface area contributed by atoms with Gasteiger partial charge in [-0.25, -0.2) is 30.0 Å². The summed E-state index contributed by atoms with van der Waals surface area (Å²) in [5.74, 6) is -16.1. The van der Waals surface area contributed by atoms with E-state index in [-0.39, 0.29) is 140 Å². The number of nitrogens with zero attached hydrogens (tertiary/aromatic N) is 6. The second-order valence-electron chi connectivity index (χ2n) is 31.8. The maximum atomic E-state index is 15.1. The number of esters is 2. The van der Waals surface area contributed by atoms with E-state index >= 15 is 4.79 Å². The number of nitrogens with one attached hydrogen (secondary N) is 13. The molecule has 2 aromatic carbocycles. The van der Waals surface area contributed by atoms with Crippen LogP contribution < -0.4 is 75.7 Å². The van der Waals surface area contributed by atoms with Gasteiger partial charge >= 0.3 is 35.9 Å². The first-order valence-electron chi connectivity index (χ1n) is 41.8. The number of hydrogen-bond acceptors (Lipinski definition) is 31. The summed E-state index contributed by atoms with van der Waals surface area (Å²) in [5, 5.41) is 72.3. The van der Waals surface area contributed by atoms with Gasteiger partial charge < -0.3 is 98.9 Å². The first-order chi connectivity index (χ1) is 61.1. The van der Waals surface area contributed by atoms with Gasteiger partial charge in [0.1, 0.15) is 53.3 Å². The zero-order valence-corrected chi connectivity index (χ0v) is 75.8. The largest absolute Gasteiger partial charge is 0.508 e. The molecule has 3 aromatic heterocycles. The third-order valence-corrected chi connectivity index (χ3v) is 23.8. The van der Waals surface area contributed by atoms with Gasteiger partial charge in [-0.15, -0.1) is 11.3 Å². The maximum Gasteiger partial charge on any atom is 0.426 e. The quantitative estimate of drug-likeness (QED) is 0.00389. The number of guanidine groups is 1. The molecule has 5 aromatic rings. The Bertz CT molecular complexity index is 4780. The summed E-state index contributed by atoms with van der Waals surface area (Å²) < 4.78 is 16.9. The molecule has 0 aliphatic carbocycles. The van der Waals surface area contributed by atoms with Crippen molar-refractivity contribution in [3.05, 3.63) is 98.0 Å². The summed E-state index contributed by atoms with van der Waals surface area (Å²) in [6.07, 6.45) is -0.791. The molecule has 21 N–H and O–H groups in total. The molecule has 0 bridgehead atoms. The van der Waals surface area contributed by atoms with Crippen molar-refractivity contribution in [1.82, 2.24) is 88.1 Å². The Balaban J connectivity index is 1.00. The highest BCUT2D eigenvalue weighted by molar-refractivity contribution is 8.76. The van der Waals surface area contributed by atoms with Crippen molar-refractivity contribution in [1.29, 1.82) is 5.41 Å². The number of carbonyl (C=O) groups is 15. The minimum atomic E-state index is -2.00. The molecule has 6 rings (SSSR count). The van der Waals surface area contributed by atoms with Crippen LogP contribution in [0.1, 0.15) is 189 Å². The minimum Gasteiger partial charge on any atom is -0.508 e. The van der Waals surface area contributed by atoms with Gasteiger partial charge in [-0.3, -0.25) is 87.8 Å². The van der Waals surface area contributed by atoms with E-state index in [0.29, 0.717) is 36.3 Å². The number of amides is 10. The molecule has 0 spiro atoms. The highest BCUT2D eigenvalue weighted by Crippen LogP contribution is 2.33. The number of hydrogen-bond donors (Lipinski definition) is 19. The van der Waals surface area contributed by atoms with Crippen LogP contribution in [0.3, 0.4) is 0 Å². The molecule has 129 heavy (non-hydrogen) atoms. The smallest absolute Gasteiger partial charge is 0.426 e. The predicted octanol–water partition coefficient (Wildman–Crippen LogP) is 2.82. The van der Waals surface area contributed by atoms with Crippen LogP contribution in [0, 0.1) is 29.1 Å². The molecule has 47 heteroatoms. The number of nitrogen functional groups attached to an aromatic ring is 1. The zero-order chi connectivity index (χ0) is 95.3. The number of fused-ring (bicyclic) bond motifs is 1. The summed E-state index contributed by atoms with van der Waals surface area (Å²) in [7, 11) is 3.71. The van der Waals surface area contributed by atoms with Gasteiger partial charge in [0.25, 0.3) is 17.4 Å². The molecule has 706 valence electrons. The second kappa shape index (κ2) is 52.7. The SMILES string of the molecule is CCC(C)[C@H](NC(=O)[C@H]1CCCCN1C)C(=O)N(COC(=O)CC(C)C)[C@H](C[C@@H](OC(C)=O)c1nc(C(=O)N[C@@H](Cc2ccc(O)cc2)C[C@H](C)C(=O)NNC(=O)OCCSSC[C@H](NC(=O)[C@H](CC(=O)O)NC(=O)[C@H](CCCNC(=N)N)NC(=O)[C@H](CC(=O)O)NC(=O)CC[C@@H](C)NC(=O)c2ccc(NCc3cnc4nc(N)[nH]c(=O)c4n3)cc2)C(=O)O)cs1)C(C)C. The molecule has 0 radical (unpaired) electrons. The van der Waals surface area contributed by atoms with E-state index in [2.05, 4.69) is 83.6 Å². The fourth-order valence-electron chi connectivity index (χ4n) is 13.3. The highest BCUT2D eigenvalue weighted by Gasteiger charge is 2.41. The number of thiazole rings is 1. The van der Waals surface area contributed by atoms with Crippen molar-refractivity contribution in [2.24, 2.45) is 29.4 Å². The Labute approximate surface area is 755 Å². The van der Waals surface area contributed by atoms with Crippen LogP contribution in [0.5, 0.6) is 5.75 Å². The maximum absolute atomic E-state index is 15.1. The summed E-state index contributed by atoms with van der Waals surface area (Å²) in [6.45, 7) is 15.4. The number of phenolic OH excluding ortho intramolecular Hbond substituents is 1. The number of aliphatic carboxylic acids is 3. The Morgan fingerprint density at radius 1 is 0.744 bits per heavy atom. The monoisotopic (exact) mass is 1860 g/mol. The lowest BCUT2D eigenvalue weighted by Crippen LogP contribution is -2.59. The number of carboxylic acid groups (broad SMARTS) is 3. The number of hydrazine groups is 1. The number of aromatic amines is 1. The van der Waals surface area contributed by atoms with Crippen LogP contribution in [-0.2, 0) is 84.7 Å². The van der Waals surface area contributed by atoms with E-state index in [1.165, 1.54) is 54.6 Å². The number of likely N-dealkylation sites (N-methyl/N-ethyl adjacent to an activating group) is 1. The molecule has 1 aliphatic rings. The second-order valence-corrected chi connectivity index (χ2v) is 35.3. The topological polar surface area (TPSA) is 664 Å². The number of nitrogens with two attached hydrogens (primary N) is 2. The van der Waals surface area contributed by atoms with E-state index < -0.39 is 186 Å². The zero-order valence-electron chi connectivity index (χ0n) is 73.3. The van der Waals surface area contributed by atoms with E-state index in [0.717, 1.165) is 45.8 Å². The molecule has 0 saturated carbocycles. The number of ether oxygens (including phenoxy) is 3. The van der Waals surface area contributed by atoms with Gasteiger partial charge in [0.2, 0.25) is 47.3 Å². The number of piperidine rings is 1. The van der Waals surface area contributed by atoms with E-state index in [9.17, 15) is 92.3 Å². The summed E-state index contributed by atoms with van der Waals surface area (Å²) >= 11 is 1.00. The molecule has 44 nitrogen and oxygen atoms in total. The van der Waals surface area contributed by atoms with Crippen LogP contribution in [0.4, 0.5) is 16.4 Å². The number of aromatic nitrogens is 5. The van der Waals surface area contributed by atoms with Crippen LogP contribution in [0.25, 0.3) is 11.2 Å². The lowest BCUT2D eigenvalue weighted by molar-refractivity contribution is -0.161. The summed E-state index contributed by atoms with van der Waals surface area (Å²) in [4.78, 5) is 236. The van der Waals surface area contributed by atoms with Crippen LogP contribution in [0.2, 0.25) is 0 Å². The number of likely N-dealkylation sites (tertiary alicyclic amines) is 1. The van der Waals surface area contributed by atoms with E-state index in [4.69, 9.17) is 31.1 Å². The molecular weight excluding hydrogens is 1740 g/mol. The van der Waals surface area contributed by atoms with Crippen LogP contribution in [0.15, 0.2) is 64.9 Å². The summed E-state index contributed by atoms with van der Waals surface area (Å²) in [5.41, 5.74) is 16.7. The van der Waals surface area contributed by atoms with Crippen molar-refractivity contribution >= 4 is 151 Å². The first kappa shape index (κ1) is 105. The number of carboxylic acids is 3. The van der Waals surface area contributed by atoms with Crippen LogP contribution >= 0.6 is 32.9 Å². The van der Waals surface area contributed by atoms with Crippen molar-refractivity contribution in [3.63, 3.8) is 0 Å². The Kier molecular flexibility index (Phi) is 43.0. The normalized spacial score (nSPS) is 15.1. The molecular formula is C82H117N21O23S3. The Morgan fingerprint density at radius 3 is 2.03 bits per heavy atom. The Morgan fingerprint density at radius 2 is 1.40 bits per heavy atom. The average Bonchev–Trinajstić information content (AvgIpc) is 1.70. The van der Waals surface area contributed by atoms with Gasteiger partial charge in [0.15, 0.2) is 30.0 Å². The molecule has 12 atom stereocenters. The fourth-order valence-corrected chi connectivity index (χ4v) is 16.2. The molecule has 1 aliphatic heterocycles. The number of carbonyl (C=O) groups excluding carboxylic acids is 12.